The molecule has 3 aromatic rings. The van der Waals surface area contributed by atoms with Gasteiger partial charge in [0.05, 0.1) is 5.56 Å². The molecule has 27 heavy (non-hydrogen) atoms. The lowest BCUT2D eigenvalue weighted by atomic mass is 10.1. The summed E-state index contributed by atoms with van der Waals surface area (Å²) in [7, 11) is 0. The normalized spacial score (nSPS) is 17.4. The summed E-state index contributed by atoms with van der Waals surface area (Å²) >= 11 is 0. The molecule has 1 fully saturated rings. The van der Waals surface area contributed by atoms with Crippen LogP contribution in [0.2, 0.25) is 0 Å². The van der Waals surface area contributed by atoms with Gasteiger partial charge >= 0.3 is 5.69 Å². The summed E-state index contributed by atoms with van der Waals surface area (Å²) in [4.78, 5) is 31.7. The molecule has 1 aliphatic rings. The number of nitriles is 1. The molecule has 3 heterocycles. The SMILES string of the molecule is N#Cc1nnc(-c2c[nH]c(=O)[nH]c2=O)cc1[C@H]1C[C@@H]1C#Cc1ccncc1. The summed E-state index contributed by atoms with van der Waals surface area (Å²) in [6.45, 7) is 0. The molecule has 0 unspecified atom stereocenters. The highest BCUT2D eigenvalue weighted by Gasteiger charge is 2.39. The van der Waals surface area contributed by atoms with Gasteiger partial charge in [-0.25, -0.2) is 4.79 Å². The van der Waals surface area contributed by atoms with Gasteiger partial charge in [-0.05, 0) is 30.2 Å². The average Bonchev–Trinajstić information content (AvgIpc) is 3.46. The zero-order chi connectivity index (χ0) is 18.8. The summed E-state index contributed by atoms with van der Waals surface area (Å²) in [5.41, 5.74) is 1.14. The summed E-state index contributed by atoms with van der Waals surface area (Å²) in [6, 6.07) is 7.38. The average molecular weight is 356 g/mol. The van der Waals surface area contributed by atoms with Gasteiger partial charge in [0.2, 0.25) is 0 Å². The zero-order valence-electron chi connectivity index (χ0n) is 13.9. The van der Waals surface area contributed by atoms with Crippen LogP contribution < -0.4 is 11.2 Å². The van der Waals surface area contributed by atoms with Crippen molar-refractivity contribution in [2.24, 2.45) is 5.92 Å². The first kappa shape index (κ1) is 16.4. The lowest BCUT2D eigenvalue weighted by Gasteiger charge is -2.04. The van der Waals surface area contributed by atoms with Gasteiger partial charge in [0.25, 0.3) is 5.56 Å². The molecule has 0 aliphatic heterocycles. The number of nitrogens with zero attached hydrogens (tertiary/aromatic N) is 4. The highest BCUT2D eigenvalue weighted by molar-refractivity contribution is 5.59. The summed E-state index contributed by atoms with van der Waals surface area (Å²) in [5, 5.41) is 17.2. The lowest BCUT2D eigenvalue weighted by molar-refractivity contribution is 0.936. The van der Waals surface area contributed by atoms with Crippen molar-refractivity contribution >= 4 is 0 Å². The van der Waals surface area contributed by atoms with Crippen LogP contribution >= 0.6 is 0 Å². The Bertz CT molecular complexity index is 1230. The Labute approximate surface area is 153 Å². The molecular formula is C19H12N6O2. The monoisotopic (exact) mass is 356 g/mol. The molecule has 0 bridgehead atoms. The minimum Gasteiger partial charge on any atom is -0.313 e. The Balaban J connectivity index is 1.66. The third kappa shape index (κ3) is 3.37. The van der Waals surface area contributed by atoms with E-state index in [-0.39, 0.29) is 23.1 Å². The van der Waals surface area contributed by atoms with Crippen molar-refractivity contribution in [2.45, 2.75) is 12.3 Å². The number of hydrogen-bond donors (Lipinski definition) is 2. The highest BCUT2D eigenvalue weighted by atomic mass is 16.2. The van der Waals surface area contributed by atoms with Crippen molar-refractivity contribution in [1.29, 1.82) is 5.26 Å². The molecule has 0 aromatic carbocycles. The molecular weight excluding hydrogens is 344 g/mol. The van der Waals surface area contributed by atoms with E-state index < -0.39 is 11.2 Å². The van der Waals surface area contributed by atoms with E-state index >= 15 is 0 Å². The minimum absolute atomic E-state index is 0.0603. The molecule has 8 nitrogen and oxygen atoms in total. The second-order valence-electron chi connectivity index (χ2n) is 6.08. The van der Waals surface area contributed by atoms with E-state index in [0.717, 1.165) is 12.0 Å². The predicted octanol–water partition coefficient (Wildman–Crippen LogP) is 0.942. The fraction of sp³-hybridized carbons (Fsp3) is 0.158. The molecule has 0 spiro atoms. The molecule has 0 radical (unpaired) electrons. The van der Waals surface area contributed by atoms with Gasteiger partial charge in [0.1, 0.15) is 11.8 Å². The van der Waals surface area contributed by atoms with E-state index in [0.29, 0.717) is 11.3 Å². The number of hydrogen-bond acceptors (Lipinski definition) is 6. The zero-order valence-corrected chi connectivity index (χ0v) is 13.9. The van der Waals surface area contributed by atoms with Crippen LogP contribution in [-0.4, -0.2) is 25.1 Å². The molecule has 0 saturated heterocycles. The number of nitrogens with one attached hydrogen (secondary N) is 2. The van der Waals surface area contributed by atoms with Crippen LogP contribution in [-0.2, 0) is 0 Å². The van der Waals surface area contributed by atoms with Crippen molar-refractivity contribution in [3.8, 4) is 29.2 Å². The van der Waals surface area contributed by atoms with Crippen molar-refractivity contribution in [3.05, 3.63) is 74.4 Å². The van der Waals surface area contributed by atoms with Crippen LogP contribution in [0.5, 0.6) is 0 Å². The molecule has 1 saturated carbocycles. The van der Waals surface area contributed by atoms with Gasteiger partial charge in [-0.3, -0.25) is 14.8 Å². The van der Waals surface area contributed by atoms with Gasteiger partial charge in [0.15, 0.2) is 5.69 Å². The van der Waals surface area contributed by atoms with Crippen LogP contribution in [0.15, 0.2) is 46.4 Å². The molecule has 1 aliphatic carbocycles. The molecule has 4 rings (SSSR count). The van der Waals surface area contributed by atoms with Crippen molar-refractivity contribution in [3.63, 3.8) is 0 Å². The molecule has 2 atom stereocenters. The van der Waals surface area contributed by atoms with Crippen molar-refractivity contribution in [2.75, 3.05) is 0 Å². The predicted molar refractivity (Wildman–Crippen MR) is 95.4 cm³/mol. The van der Waals surface area contributed by atoms with Crippen LogP contribution in [0.3, 0.4) is 0 Å². The maximum atomic E-state index is 12.0. The van der Waals surface area contributed by atoms with E-state index in [1.807, 2.05) is 18.2 Å². The third-order valence-electron chi connectivity index (χ3n) is 4.30. The second kappa shape index (κ2) is 6.70. The lowest BCUT2D eigenvalue weighted by Crippen LogP contribution is -2.23. The number of aromatic amines is 2. The number of rotatable bonds is 2. The summed E-state index contributed by atoms with van der Waals surface area (Å²) < 4.78 is 0. The number of H-pyrrole nitrogens is 2. The Kier molecular flexibility index (Phi) is 4.07. The number of pyridine rings is 1. The van der Waals surface area contributed by atoms with Crippen LogP contribution in [0.25, 0.3) is 11.3 Å². The Morgan fingerprint density at radius 3 is 2.74 bits per heavy atom. The molecule has 3 aromatic heterocycles. The Hall–Kier alpha value is -4.04. The highest BCUT2D eigenvalue weighted by Crippen LogP contribution is 2.48. The van der Waals surface area contributed by atoms with E-state index in [1.54, 1.807) is 18.5 Å². The van der Waals surface area contributed by atoms with Crippen LogP contribution in [0.4, 0.5) is 0 Å². The van der Waals surface area contributed by atoms with Crippen molar-refractivity contribution < 1.29 is 0 Å². The van der Waals surface area contributed by atoms with E-state index in [2.05, 4.69) is 37.0 Å². The molecule has 130 valence electrons. The maximum absolute atomic E-state index is 12.0. The Morgan fingerprint density at radius 1 is 1.19 bits per heavy atom. The smallest absolute Gasteiger partial charge is 0.313 e. The summed E-state index contributed by atoms with van der Waals surface area (Å²) in [5.74, 6) is 6.47. The molecule has 2 N–H and O–H groups in total. The standard InChI is InChI=1S/C19H12N6O2/c20-9-17-14(13-7-12(13)2-1-11-3-5-21-6-4-11)8-16(24-25-17)15-10-22-19(27)23-18(15)26/h3-6,8,10,12-13H,7H2,(H2,22,23,26,27)/t12-,13-/m0/s1. The fourth-order valence-electron chi connectivity index (χ4n) is 2.82. The first-order chi connectivity index (χ1) is 13.2. The van der Waals surface area contributed by atoms with Gasteiger partial charge in [-0.2, -0.15) is 5.26 Å². The first-order valence-electron chi connectivity index (χ1n) is 8.17. The second-order valence-corrected chi connectivity index (χ2v) is 6.08. The Morgan fingerprint density at radius 2 is 2.00 bits per heavy atom. The van der Waals surface area contributed by atoms with E-state index in [9.17, 15) is 14.9 Å². The largest absolute Gasteiger partial charge is 0.325 e. The molecule has 8 heteroatoms. The van der Waals surface area contributed by atoms with Gasteiger partial charge in [-0.15, -0.1) is 10.2 Å². The third-order valence-corrected chi connectivity index (χ3v) is 4.30. The fourth-order valence-corrected chi connectivity index (χ4v) is 2.82. The van der Waals surface area contributed by atoms with Gasteiger partial charge < -0.3 is 4.98 Å². The van der Waals surface area contributed by atoms with Crippen molar-refractivity contribution in [1.82, 2.24) is 25.1 Å². The quantitative estimate of drug-likeness (QED) is 0.658. The maximum Gasteiger partial charge on any atom is 0.325 e. The van der Waals surface area contributed by atoms with E-state index in [4.69, 9.17) is 0 Å². The van der Waals surface area contributed by atoms with Gasteiger partial charge in [-0.1, -0.05) is 11.8 Å². The topological polar surface area (TPSA) is 128 Å². The van der Waals surface area contributed by atoms with E-state index in [1.165, 1.54) is 6.20 Å². The first-order valence-corrected chi connectivity index (χ1v) is 8.17. The van der Waals surface area contributed by atoms with Crippen LogP contribution in [0, 0.1) is 29.1 Å². The number of aromatic nitrogens is 5. The molecule has 0 amide bonds. The minimum atomic E-state index is -0.598. The van der Waals surface area contributed by atoms with Gasteiger partial charge in [0, 0.05) is 36.0 Å². The van der Waals surface area contributed by atoms with Crippen LogP contribution in [0.1, 0.15) is 29.2 Å². The summed E-state index contributed by atoms with van der Waals surface area (Å²) in [6.07, 6.45) is 5.46.